The Hall–Kier alpha value is -1.97. The highest BCUT2D eigenvalue weighted by Crippen LogP contribution is 2.26. The molecule has 0 saturated carbocycles. The smallest absolute Gasteiger partial charge is 0.147 e. The third kappa shape index (κ3) is 2.96. The summed E-state index contributed by atoms with van der Waals surface area (Å²) in [6.45, 7) is 5.47. The highest BCUT2D eigenvalue weighted by molar-refractivity contribution is 7.09. The summed E-state index contributed by atoms with van der Waals surface area (Å²) in [6.07, 6.45) is 1.83. The zero-order valence-corrected chi connectivity index (χ0v) is 13.2. The number of anilines is 1. The van der Waals surface area contributed by atoms with Gasteiger partial charge in [-0.2, -0.15) is 5.26 Å². The van der Waals surface area contributed by atoms with Crippen LogP contribution in [0.15, 0.2) is 29.8 Å². The Balaban J connectivity index is 1.66. The van der Waals surface area contributed by atoms with Crippen LogP contribution >= 0.6 is 11.3 Å². The molecule has 1 aromatic carbocycles. The highest BCUT2D eigenvalue weighted by atomic mass is 32.1. The lowest BCUT2D eigenvalue weighted by Gasteiger charge is -2.38. The van der Waals surface area contributed by atoms with Gasteiger partial charge in [0, 0.05) is 37.8 Å². The standard InChI is InChI=1S/C16H17FN4S/c1-12(16-19-4-9-22-16)20-5-7-21(8-6-20)15-3-2-13(11-18)10-14(15)17/h2-4,9-10,12H,5-8H2,1H3. The normalized spacial score (nSPS) is 17.2. The topological polar surface area (TPSA) is 43.2 Å². The molecule has 1 aromatic heterocycles. The molecule has 1 saturated heterocycles. The van der Waals surface area contributed by atoms with Gasteiger partial charge in [0.1, 0.15) is 10.8 Å². The second-order valence-corrected chi connectivity index (χ2v) is 6.27. The van der Waals surface area contributed by atoms with Crippen molar-refractivity contribution in [1.29, 1.82) is 5.26 Å². The van der Waals surface area contributed by atoms with Gasteiger partial charge >= 0.3 is 0 Å². The summed E-state index contributed by atoms with van der Waals surface area (Å²) in [5, 5.41) is 11.9. The van der Waals surface area contributed by atoms with E-state index >= 15 is 0 Å². The van der Waals surface area contributed by atoms with E-state index in [1.54, 1.807) is 23.5 Å². The monoisotopic (exact) mass is 316 g/mol. The van der Waals surface area contributed by atoms with Gasteiger partial charge in [0.2, 0.25) is 0 Å². The van der Waals surface area contributed by atoms with Gasteiger partial charge < -0.3 is 4.90 Å². The summed E-state index contributed by atoms with van der Waals surface area (Å²) in [5.74, 6) is -0.319. The molecule has 3 rings (SSSR count). The van der Waals surface area contributed by atoms with Crippen LogP contribution in [-0.2, 0) is 0 Å². The van der Waals surface area contributed by atoms with E-state index in [0.29, 0.717) is 17.3 Å². The second-order valence-electron chi connectivity index (χ2n) is 5.35. The van der Waals surface area contributed by atoms with Gasteiger partial charge in [-0.25, -0.2) is 9.37 Å². The molecule has 0 bridgehead atoms. The van der Waals surface area contributed by atoms with Crippen molar-refractivity contribution >= 4 is 17.0 Å². The van der Waals surface area contributed by atoms with Crippen LogP contribution in [0.1, 0.15) is 23.5 Å². The molecular weight excluding hydrogens is 299 g/mol. The number of halogens is 1. The zero-order chi connectivity index (χ0) is 15.5. The number of nitriles is 1. The first-order valence-corrected chi connectivity index (χ1v) is 8.15. The van der Waals surface area contributed by atoms with Crippen molar-refractivity contribution in [2.45, 2.75) is 13.0 Å². The first-order valence-electron chi connectivity index (χ1n) is 7.27. The number of aromatic nitrogens is 1. The van der Waals surface area contributed by atoms with Crippen molar-refractivity contribution in [3.05, 3.63) is 46.2 Å². The fraction of sp³-hybridized carbons (Fsp3) is 0.375. The molecule has 2 heterocycles. The molecule has 0 N–H and O–H groups in total. The average Bonchev–Trinajstić information content (AvgIpc) is 3.08. The van der Waals surface area contributed by atoms with Gasteiger partial charge in [0.15, 0.2) is 0 Å². The molecule has 1 unspecified atom stereocenters. The van der Waals surface area contributed by atoms with Crippen LogP contribution in [-0.4, -0.2) is 36.1 Å². The van der Waals surface area contributed by atoms with E-state index < -0.39 is 0 Å². The van der Waals surface area contributed by atoms with E-state index in [9.17, 15) is 4.39 Å². The first-order chi connectivity index (χ1) is 10.7. The third-order valence-electron chi connectivity index (χ3n) is 4.09. The molecule has 6 heteroatoms. The van der Waals surface area contributed by atoms with Crippen LogP contribution < -0.4 is 4.90 Å². The van der Waals surface area contributed by atoms with E-state index in [1.807, 2.05) is 22.5 Å². The van der Waals surface area contributed by atoms with Crippen LogP contribution in [0.5, 0.6) is 0 Å². The summed E-state index contributed by atoms with van der Waals surface area (Å²) in [6, 6.07) is 6.94. The molecule has 1 fully saturated rings. The van der Waals surface area contributed by atoms with Crippen LogP contribution in [0.2, 0.25) is 0 Å². The lowest BCUT2D eigenvalue weighted by molar-refractivity contribution is 0.198. The Morgan fingerprint density at radius 2 is 2.09 bits per heavy atom. The minimum absolute atomic E-state index is 0.299. The Morgan fingerprint density at radius 3 is 2.68 bits per heavy atom. The molecule has 0 aliphatic carbocycles. The van der Waals surface area contributed by atoms with E-state index in [1.165, 1.54) is 6.07 Å². The number of rotatable bonds is 3. The van der Waals surface area contributed by atoms with Crippen LogP contribution in [0, 0.1) is 17.1 Å². The molecule has 0 spiro atoms. The van der Waals surface area contributed by atoms with Crippen molar-refractivity contribution in [1.82, 2.24) is 9.88 Å². The summed E-state index contributed by atoms with van der Waals surface area (Å²) in [5.41, 5.74) is 0.942. The molecule has 1 aliphatic heterocycles. The van der Waals surface area contributed by atoms with Crippen molar-refractivity contribution in [2.24, 2.45) is 0 Å². The average molecular weight is 316 g/mol. The number of hydrogen-bond acceptors (Lipinski definition) is 5. The van der Waals surface area contributed by atoms with Gasteiger partial charge in [-0.1, -0.05) is 0 Å². The lowest BCUT2D eigenvalue weighted by atomic mass is 10.1. The number of nitrogens with zero attached hydrogens (tertiary/aromatic N) is 4. The highest BCUT2D eigenvalue weighted by Gasteiger charge is 2.24. The predicted octanol–water partition coefficient (Wildman–Crippen LogP) is 3.04. The third-order valence-corrected chi connectivity index (χ3v) is 5.03. The van der Waals surface area contributed by atoms with Crippen molar-refractivity contribution in [3.63, 3.8) is 0 Å². The minimum atomic E-state index is -0.319. The number of hydrogen-bond donors (Lipinski definition) is 0. The second kappa shape index (κ2) is 6.42. The maximum atomic E-state index is 14.1. The van der Waals surface area contributed by atoms with E-state index in [2.05, 4.69) is 16.8 Å². The number of piperazine rings is 1. The maximum Gasteiger partial charge on any atom is 0.147 e. The van der Waals surface area contributed by atoms with E-state index in [4.69, 9.17) is 5.26 Å². The Labute approximate surface area is 133 Å². The summed E-state index contributed by atoms with van der Waals surface area (Å²) < 4.78 is 14.1. The van der Waals surface area contributed by atoms with Crippen molar-refractivity contribution < 1.29 is 4.39 Å². The summed E-state index contributed by atoms with van der Waals surface area (Å²) in [7, 11) is 0. The fourth-order valence-electron chi connectivity index (χ4n) is 2.78. The summed E-state index contributed by atoms with van der Waals surface area (Å²) in [4.78, 5) is 8.79. The SMILES string of the molecule is CC(c1nccs1)N1CCN(c2ccc(C#N)cc2F)CC1. The molecule has 114 valence electrons. The molecule has 0 radical (unpaired) electrons. The number of benzene rings is 1. The van der Waals surface area contributed by atoms with Crippen LogP contribution in [0.3, 0.4) is 0 Å². The van der Waals surface area contributed by atoms with Gasteiger partial charge in [-0.05, 0) is 25.1 Å². The van der Waals surface area contributed by atoms with Gasteiger partial charge in [0.25, 0.3) is 0 Å². The van der Waals surface area contributed by atoms with Crippen LogP contribution in [0.25, 0.3) is 0 Å². The Bertz CT molecular complexity index is 672. The molecule has 0 amide bonds. The van der Waals surface area contributed by atoms with Gasteiger partial charge in [0.05, 0.1) is 23.4 Å². The largest absolute Gasteiger partial charge is 0.367 e. The van der Waals surface area contributed by atoms with E-state index in [0.717, 1.165) is 31.2 Å². The summed E-state index contributed by atoms with van der Waals surface area (Å²) >= 11 is 1.67. The molecule has 22 heavy (non-hydrogen) atoms. The predicted molar refractivity (Wildman–Crippen MR) is 85.4 cm³/mol. The van der Waals surface area contributed by atoms with Crippen molar-refractivity contribution in [3.8, 4) is 6.07 Å². The lowest BCUT2D eigenvalue weighted by Crippen LogP contribution is -2.47. The fourth-order valence-corrected chi connectivity index (χ4v) is 3.51. The first kappa shape index (κ1) is 14.9. The molecule has 4 nitrogen and oxygen atoms in total. The number of thiazole rings is 1. The Morgan fingerprint density at radius 1 is 1.32 bits per heavy atom. The van der Waals surface area contributed by atoms with Crippen LogP contribution in [0.4, 0.5) is 10.1 Å². The molecule has 1 aliphatic rings. The van der Waals surface area contributed by atoms with Crippen molar-refractivity contribution in [2.75, 3.05) is 31.1 Å². The van der Waals surface area contributed by atoms with Gasteiger partial charge in [-0.3, -0.25) is 4.90 Å². The Kier molecular flexibility index (Phi) is 4.36. The molecule has 1 atom stereocenters. The maximum absolute atomic E-state index is 14.1. The molecular formula is C16H17FN4S. The molecule has 2 aromatic rings. The quantitative estimate of drug-likeness (QED) is 0.873. The zero-order valence-electron chi connectivity index (χ0n) is 12.4. The van der Waals surface area contributed by atoms with E-state index in [-0.39, 0.29) is 5.82 Å². The minimum Gasteiger partial charge on any atom is -0.367 e. The van der Waals surface area contributed by atoms with Gasteiger partial charge in [-0.15, -0.1) is 11.3 Å².